The molecule has 0 bridgehead atoms. The monoisotopic (exact) mass is 294 g/mol. The maximum Gasteiger partial charge on any atom is 0.295 e. The minimum Gasteiger partial charge on any atom is -0.468 e. The molecular weight excluding hydrogens is 272 g/mol. The standard InChI is InChI=1S/C16H22O5/c1-5-6-7-8-9-16(3)14(19)13(15(20-4)21-16)12(18)10-11(2)17/h6-9,11,17H,5,10H2,1-4H3/b7-6+,9-8+/t11-,16-/m0/s1. The molecule has 2 atom stereocenters. The van der Waals surface area contributed by atoms with E-state index in [1.165, 1.54) is 14.0 Å². The molecule has 0 spiro atoms. The number of hydrogen-bond donors (Lipinski definition) is 1. The normalized spacial score (nSPS) is 24.0. The lowest BCUT2D eigenvalue weighted by atomic mass is 9.93. The second-order valence-corrected chi connectivity index (χ2v) is 5.08. The summed E-state index contributed by atoms with van der Waals surface area (Å²) in [7, 11) is 1.34. The SMILES string of the molecule is CC/C=C/C=C/[C@]1(C)OC(OC)=C(C(=O)C[C@H](C)O)C1=O. The summed E-state index contributed by atoms with van der Waals surface area (Å²) in [4.78, 5) is 24.5. The van der Waals surface area contributed by atoms with E-state index in [0.717, 1.165) is 6.42 Å². The van der Waals surface area contributed by atoms with Crippen molar-refractivity contribution in [3.63, 3.8) is 0 Å². The van der Waals surface area contributed by atoms with Crippen molar-refractivity contribution in [2.24, 2.45) is 0 Å². The quantitative estimate of drug-likeness (QED) is 0.575. The summed E-state index contributed by atoms with van der Waals surface area (Å²) in [6.45, 7) is 5.06. The number of aliphatic hydroxyl groups excluding tert-OH is 1. The predicted molar refractivity (Wildman–Crippen MR) is 78.4 cm³/mol. The number of aliphatic hydroxyl groups is 1. The zero-order valence-corrected chi connectivity index (χ0v) is 12.9. The lowest BCUT2D eigenvalue weighted by Gasteiger charge is -2.18. The van der Waals surface area contributed by atoms with Gasteiger partial charge in [0.05, 0.1) is 13.2 Å². The van der Waals surface area contributed by atoms with Crippen LogP contribution < -0.4 is 0 Å². The van der Waals surface area contributed by atoms with Crippen LogP contribution in [0.3, 0.4) is 0 Å². The fourth-order valence-corrected chi connectivity index (χ4v) is 1.95. The van der Waals surface area contributed by atoms with Gasteiger partial charge in [-0.2, -0.15) is 0 Å². The summed E-state index contributed by atoms with van der Waals surface area (Å²) in [6.07, 6.45) is 6.95. The molecule has 0 saturated heterocycles. The van der Waals surface area contributed by atoms with Crippen LogP contribution in [0.2, 0.25) is 0 Å². The van der Waals surface area contributed by atoms with Crippen LogP contribution in [0.4, 0.5) is 0 Å². The van der Waals surface area contributed by atoms with Crippen LogP contribution in [0, 0.1) is 0 Å². The highest BCUT2D eigenvalue weighted by Gasteiger charge is 2.47. The van der Waals surface area contributed by atoms with Crippen LogP contribution in [0.15, 0.2) is 35.8 Å². The van der Waals surface area contributed by atoms with Crippen molar-refractivity contribution in [2.75, 3.05) is 7.11 Å². The zero-order valence-electron chi connectivity index (χ0n) is 12.9. The third-order valence-electron chi connectivity index (χ3n) is 3.03. The molecule has 116 valence electrons. The van der Waals surface area contributed by atoms with Crippen LogP contribution in [0.5, 0.6) is 0 Å². The summed E-state index contributed by atoms with van der Waals surface area (Å²) in [5, 5.41) is 9.30. The Morgan fingerprint density at radius 2 is 2.14 bits per heavy atom. The lowest BCUT2D eigenvalue weighted by molar-refractivity contribution is -0.128. The van der Waals surface area contributed by atoms with E-state index in [-0.39, 0.29) is 17.9 Å². The van der Waals surface area contributed by atoms with Crippen LogP contribution in [-0.2, 0) is 19.1 Å². The van der Waals surface area contributed by atoms with Gasteiger partial charge in [-0.05, 0) is 26.3 Å². The zero-order chi connectivity index (χ0) is 16.0. The van der Waals surface area contributed by atoms with Crippen LogP contribution in [-0.4, -0.2) is 35.5 Å². The van der Waals surface area contributed by atoms with Gasteiger partial charge in [-0.25, -0.2) is 0 Å². The molecule has 0 aromatic heterocycles. The van der Waals surface area contributed by atoms with Gasteiger partial charge in [0.25, 0.3) is 5.95 Å². The Labute approximate surface area is 124 Å². The highest BCUT2D eigenvalue weighted by molar-refractivity contribution is 6.25. The summed E-state index contributed by atoms with van der Waals surface area (Å²) < 4.78 is 10.5. The number of carbonyl (C=O) groups excluding carboxylic acids is 2. The van der Waals surface area contributed by atoms with Gasteiger partial charge < -0.3 is 14.6 Å². The van der Waals surface area contributed by atoms with Gasteiger partial charge in [0.15, 0.2) is 11.4 Å². The Kier molecular flexibility index (Phi) is 5.90. The summed E-state index contributed by atoms with van der Waals surface area (Å²) in [5.74, 6) is -1.02. The van der Waals surface area contributed by atoms with E-state index in [0.29, 0.717) is 0 Å². The van der Waals surface area contributed by atoms with E-state index in [2.05, 4.69) is 0 Å². The molecule has 5 heteroatoms. The number of rotatable bonds is 7. The Morgan fingerprint density at radius 3 is 2.67 bits per heavy atom. The number of allylic oxidation sites excluding steroid dienone is 3. The number of ketones is 2. The molecule has 0 radical (unpaired) electrons. The molecule has 0 fully saturated rings. The molecule has 1 N–H and O–H groups in total. The highest BCUT2D eigenvalue weighted by Crippen LogP contribution is 2.33. The van der Waals surface area contributed by atoms with Gasteiger partial charge in [0, 0.05) is 6.42 Å². The topological polar surface area (TPSA) is 72.8 Å². The smallest absolute Gasteiger partial charge is 0.295 e. The van der Waals surface area contributed by atoms with Crippen molar-refractivity contribution in [3.05, 3.63) is 35.8 Å². The van der Waals surface area contributed by atoms with E-state index < -0.39 is 23.3 Å². The first-order valence-corrected chi connectivity index (χ1v) is 6.93. The average molecular weight is 294 g/mol. The van der Waals surface area contributed by atoms with Gasteiger partial charge in [-0.15, -0.1) is 0 Å². The molecule has 0 aliphatic carbocycles. The molecule has 21 heavy (non-hydrogen) atoms. The molecule has 1 aliphatic rings. The first-order valence-electron chi connectivity index (χ1n) is 6.93. The van der Waals surface area contributed by atoms with Gasteiger partial charge in [-0.3, -0.25) is 9.59 Å². The molecule has 0 amide bonds. The largest absolute Gasteiger partial charge is 0.468 e. The third-order valence-corrected chi connectivity index (χ3v) is 3.03. The van der Waals surface area contributed by atoms with Crippen molar-refractivity contribution in [1.82, 2.24) is 0 Å². The van der Waals surface area contributed by atoms with E-state index >= 15 is 0 Å². The molecule has 0 aromatic carbocycles. The van der Waals surface area contributed by atoms with Crippen molar-refractivity contribution in [2.45, 2.75) is 45.3 Å². The maximum absolute atomic E-state index is 12.4. The van der Waals surface area contributed by atoms with Crippen LogP contribution in [0.25, 0.3) is 0 Å². The fourth-order valence-electron chi connectivity index (χ4n) is 1.95. The summed E-state index contributed by atoms with van der Waals surface area (Å²) >= 11 is 0. The maximum atomic E-state index is 12.4. The predicted octanol–water partition coefficient (Wildman–Crippen LogP) is 2.06. The van der Waals surface area contributed by atoms with E-state index in [1.54, 1.807) is 19.1 Å². The van der Waals surface area contributed by atoms with Crippen molar-refractivity contribution >= 4 is 11.6 Å². The van der Waals surface area contributed by atoms with Crippen molar-refractivity contribution in [3.8, 4) is 0 Å². The Morgan fingerprint density at radius 1 is 1.48 bits per heavy atom. The lowest BCUT2D eigenvalue weighted by Crippen LogP contribution is -2.33. The van der Waals surface area contributed by atoms with Gasteiger partial charge in [-0.1, -0.05) is 25.2 Å². The van der Waals surface area contributed by atoms with Crippen LogP contribution in [0.1, 0.15) is 33.6 Å². The molecule has 1 rings (SSSR count). The molecule has 0 aromatic rings. The average Bonchev–Trinajstić information content (AvgIpc) is 2.66. The molecule has 1 heterocycles. The first-order chi connectivity index (χ1) is 9.85. The number of Topliss-reactive ketones (excluding diaryl/α,β-unsaturated/α-hetero) is 2. The molecule has 5 nitrogen and oxygen atoms in total. The second kappa shape index (κ2) is 7.22. The highest BCUT2D eigenvalue weighted by atomic mass is 16.7. The minimum absolute atomic E-state index is 0.0859. The van der Waals surface area contributed by atoms with Crippen molar-refractivity contribution < 1.29 is 24.2 Å². The fraction of sp³-hybridized carbons (Fsp3) is 0.500. The number of carbonyl (C=O) groups is 2. The number of ether oxygens (including phenoxy) is 2. The number of methoxy groups -OCH3 is 1. The molecule has 0 saturated carbocycles. The molecule has 0 unspecified atom stereocenters. The first kappa shape index (κ1) is 17.2. The van der Waals surface area contributed by atoms with Crippen molar-refractivity contribution in [1.29, 1.82) is 0 Å². The van der Waals surface area contributed by atoms with Gasteiger partial charge in [0.2, 0.25) is 5.78 Å². The van der Waals surface area contributed by atoms with Gasteiger partial charge >= 0.3 is 0 Å². The Bertz CT molecular complexity index is 499. The minimum atomic E-state index is -1.26. The second-order valence-electron chi connectivity index (χ2n) is 5.08. The Balaban J connectivity index is 2.99. The molecular formula is C16H22O5. The molecule has 1 aliphatic heterocycles. The van der Waals surface area contributed by atoms with E-state index in [9.17, 15) is 14.7 Å². The number of hydrogen-bond acceptors (Lipinski definition) is 5. The third kappa shape index (κ3) is 4.04. The van der Waals surface area contributed by atoms with Gasteiger partial charge in [0.1, 0.15) is 5.57 Å². The van der Waals surface area contributed by atoms with E-state index in [1.807, 2.05) is 19.1 Å². The summed E-state index contributed by atoms with van der Waals surface area (Å²) in [6, 6.07) is 0. The Hall–Kier alpha value is -1.88. The summed E-state index contributed by atoms with van der Waals surface area (Å²) in [5.41, 5.74) is -1.38. The van der Waals surface area contributed by atoms with E-state index in [4.69, 9.17) is 9.47 Å². The van der Waals surface area contributed by atoms with Crippen LogP contribution >= 0.6 is 0 Å².